The number of allylic oxidation sites excluding steroid dienone is 4. The van der Waals surface area contributed by atoms with Crippen molar-refractivity contribution in [2.45, 2.75) is 39.2 Å². The number of hydrogen-bond acceptors (Lipinski definition) is 2. The number of aryl methyl sites for hydroxylation is 1. The van der Waals surface area contributed by atoms with E-state index in [1.54, 1.807) is 0 Å². The Kier molecular flexibility index (Phi) is 9.03. The zero-order valence-electron chi connectivity index (χ0n) is 33.0. The maximum absolute atomic E-state index is 5.22. The van der Waals surface area contributed by atoms with E-state index in [-0.39, 0.29) is 6.04 Å². The number of benzene rings is 7. The van der Waals surface area contributed by atoms with E-state index >= 15 is 0 Å². The Hall–Kier alpha value is -7.04. The van der Waals surface area contributed by atoms with Crippen molar-refractivity contribution in [1.82, 2.24) is 4.57 Å². The highest BCUT2D eigenvalue weighted by atomic mass is 15.2. The van der Waals surface area contributed by atoms with Gasteiger partial charge in [0.05, 0.1) is 22.8 Å². The summed E-state index contributed by atoms with van der Waals surface area (Å²) in [5, 5.41) is 2.55. The predicted octanol–water partition coefficient (Wildman–Crippen LogP) is 13.9. The van der Waals surface area contributed by atoms with Gasteiger partial charge in [-0.2, -0.15) is 0 Å². The van der Waals surface area contributed by atoms with Gasteiger partial charge < -0.3 is 9.47 Å². The Bertz CT molecular complexity index is 2930. The second kappa shape index (κ2) is 14.8. The van der Waals surface area contributed by atoms with Crippen LogP contribution in [0.4, 0.5) is 11.4 Å². The van der Waals surface area contributed by atoms with Crippen molar-refractivity contribution in [3.8, 4) is 16.8 Å². The van der Waals surface area contributed by atoms with Crippen LogP contribution in [0.15, 0.2) is 204 Å². The summed E-state index contributed by atoms with van der Waals surface area (Å²) in [5.41, 5.74) is 16.5. The summed E-state index contributed by atoms with van der Waals surface area (Å²) in [4.78, 5) is 12.9. The summed E-state index contributed by atoms with van der Waals surface area (Å²) in [6.07, 6.45) is 7.77. The van der Waals surface area contributed by atoms with Crippen LogP contribution in [-0.2, 0) is 0 Å². The van der Waals surface area contributed by atoms with Gasteiger partial charge >= 0.3 is 0 Å². The molecule has 7 aromatic carbocycles. The molecule has 0 fully saturated rings. The van der Waals surface area contributed by atoms with E-state index in [0.717, 1.165) is 40.3 Å². The van der Waals surface area contributed by atoms with E-state index < -0.39 is 0 Å². The molecule has 2 heterocycles. The molecule has 10 rings (SSSR count). The van der Waals surface area contributed by atoms with Crippen LogP contribution in [0.5, 0.6) is 0 Å². The SMILES string of the molecule is CC(=NC(=NC(C)c1ccccc1)c1ccc(N2C3=CC=CC[C@@H]3c3ccc(-c4cccc5c4c4cc(C)ccc4n5-c4ccccc4)cc32)cc1)c1ccccc1. The number of para-hydroxylation sites is 1. The van der Waals surface area contributed by atoms with Gasteiger partial charge in [-0.3, -0.25) is 4.99 Å². The average Bonchev–Trinajstić information content (AvgIpc) is 3.79. The number of anilines is 2. The van der Waals surface area contributed by atoms with Gasteiger partial charge in [0.1, 0.15) is 0 Å². The lowest BCUT2D eigenvalue weighted by atomic mass is 9.90. The minimum atomic E-state index is -0.0536. The van der Waals surface area contributed by atoms with Crippen LogP contribution < -0.4 is 4.90 Å². The van der Waals surface area contributed by atoms with Crippen LogP contribution in [0.3, 0.4) is 0 Å². The number of amidine groups is 1. The Morgan fingerprint density at radius 3 is 2.19 bits per heavy atom. The lowest BCUT2D eigenvalue weighted by Crippen LogP contribution is -2.15. The van der Waals surface area contributed by atoms with Gasteiger partial charge in [0.25, 0.3) is 0 Å². The maximum atomic E-state index is 5.22. The van der Waals surface area contributed by atoms with Crippen LogP contribution in [0.1, 0.15) is 60.0 Å². The molecular weight excluding hydrogens is 705 g/mol. The maximum Gasteiger partial charge on any atom is 0.155 e. The molecule has 0 radical (unpaired) electrons. The summed E-state index contributed by atoms with van der Waals surface area (Å²) in [5.74, 6) is 1.03. The molecule has 4 nitrogen and oxygen atoms in total. The van der Waals surface area contributed by atoms with Crippen molar-refractivity contribution in [2.24, 2.45) is 9.98 Å². The van der Waals surface area contributed by atoms with Gasteiger partial charge in [-0.1, -0.05) is 127 Å². The first-order valence-corrected chi connectivity index (χ1v) is 20.3. The normalized spacial score (nSPS) is 15.7. The van der Waals surface area contributed by atoms with E-state index in [9.17, 15) is 0 Å². The highest BCUT2D eigenvalue weighted by molar-refractivity contribution is 6.16. The fourth-order valence-electron chi connectivity index (χ4n) is 8.86. The molecule has 280 valence electrons. The Labute approximate surface area is 340 Å². The molecule has 1 aromatic heterocycles. The zero-order chi connectivity index (χ0) is 39.2. The van der Waals surface area contributed by atoms with E-state index in [2.05, 4.69) is 206 Å². The quantitative estimate of drug-likeness (QED) is 0.118. The first kappa shape index (κ1) is 35.4. The van der Waals surface area contributed by atoms with Crippen molar-refractivity contribution in [3.63, 3.8) is 0 Å². The number of rotatable bonds is 7. The van der Waals surface area contributed by atoms with E-state index in [1.165, 1.54) is 61.1 Å². The Balaban J connectivity index is 1.08. The summed E-state index contributed by atoms with van der Waals surface area (Å²) in [6, 6.07) is 61.0. The third kappa shape index (κ3) is 6.28. The van der Waals surface area contributed by atoms with E-state index in [1.807, 2.05) is 12.1 Å². The van der Waals surface area contributed by atoms with Crippen molar-refractivity contribution < 1.29 is 0 Å². The summed E-state index contributed by atoms with van der Waals surface area (Å²) in [6.45, 7) is 6.39. The second-order valence-electron chi connectivity index (χ2n) is 15.5. The Morgan fingerprint density at radius 1 is 0.672 bits per heavy atom. The lowest BCUT2D eigenvalue weighted by molar-refractivity contribution is 0.818. The molecule has 2 atom stereocenters. The number of aliphatic imine (C=N–C) groups is 2. The monoisotopic (exact) mass is 748 g/mol. The van der Waals surface area contributed by atoms with Gasteiger partial charge in [-0.25, -0.2) is 4.99 Å². The number of nitrogens with zero attached hydrogens (tertiary/aromatic N) is 4. The first-order chi connectivity index (χ1) is 28.5. The van der Waals surface area contributed by atoms with Crippen molar-refractivity contribution in [2.75, 3.05) is 4.90 Å². The summed E-state index contributed by atoms with van der Waals surface area (Å²) in [7, 11) is 0. The molecule has 2 aliphatic rings. The third-order valence-corrected chi connectivity index (χ3v) is 11.8. The van der Waals surface area contributed by atoms with Gasteiger partial charge in [0.2, 0.25) is 0 Å². The molecule has 58 heavy (non-hydrogen) atoms. The molecule has 4 heteroatoms. The van der Waals surface area contributed by atoms with Gasteiger partial charge in [-0.05, 0) is 122 Å². The molecule has 1 aliphatic heterocycles. The topological polar surface area (TPSA) is 32.9 Å². The van der Waals surface area contributed by atoms with Crippen LogP contribution in [0.2, 0.25) is 0 Å². The largest absolute Gasteiger partial charge is 0.313 e. The lowest BCUT2D eigenvalue weighted by Gasteiger charge is -2.25. The molecule has 0 bridgehead atoms. The van der Waals surface area contributed by atoms with Crippen molar-refractivity contribution in [3.05, 3.63) is 222 Å². The summed E-state index contributed by atoms with van der Waals surface area (Å²) >= 11 is 0. The molecule has 1 unspecified atom stereocenters. The predicted molar refractivity (Wildman–Crippen MR) is 244 cm³/mol. The zero-order valence-corrected chi connectivity index (χ0v) is 33.0. The molecule has 0 spiro atoms. The molecule has 0 amide bonds. The van der Waals surface area contributed by atoms with E-state index in [0.29, 0.717) is 5.92 Å². The minimum absolute atomic E-state index is 0.0536. The van der Waals surface area contributed by atoms with Crippen molar-refractivity contribution in [1.29, 1.82) is 0 Å². The molecule has 0 saturated heterocycles. The standard InChI is InChI=1S/C54H44N4/c1-36-26-33-50-48(34-36)53-45(23-15-25-51(53)57(50)43-20-11-6-12-21-43)42-29-32-47-46-22-13-14-24-49(46)58(52(47)35-42)44-30-27-41(28-31-44)54(55-37(2)39-16-7-4-8-17-39)56-38(3)40-18-9-5-10-19-40/h4-21,23-35,37,46H,22H2,1-3H3/t37?,46-/m1/s1. The van der Waals surface area contributed by atoms with Gasteiger partial charge in [0, 0.05) is 45.0 Å². The van der Waals surface area contributed by atoms with Crippen LogP contribution >= 0.6 is 0 Å². The van der Waals surface area contributed by atoms with E-state index in [4.69, 9.17) is 9.98 Å². The molecule has 8 aromatic rings. The highest BCUT2D eigenvalue weighted by Crippen LogP contribution is 2.52. The smallest absolute Gasteiger partial charge is 0.155 e. The molecular formula is C54H44N4. The fraction of sp³-hybridized carbons (Fsp3) is 0.111. The second-order valence-corrected chi connectivity index (χ2v) is 15.5. The minimum Gasteiger partial charge on any atom is -0.313 e. The first-order valence-electron chi connectivity index (χ1n) is 20.3. The average molecular weight is 749 g/mol. The van der Waals surface area contributed by atoms with Crippen molar-refractivity contribution >= 4 is 44.7 Å². The van der Waals surface area contributed by atoms with Crippen LogP contribution in [-0.4, -0.2) is 16.1 Å². The van der Waals surface area contributed by atoms with Gasteiger partial charge in [-0.15, -0.1) is 0 Å². The molecule has 0 N–H and O–H groups in total. The fourth-order valence-corrected chi connectivity index (χ4v) is 8.86. The van der Waals surface area contributed by atoms with Gasteiger partial charge in [0.15, 0.2) is 5.84 Å². The summed E-state index contributed by atoms with van der Waals surface area (Å²) < 4.78 is 2.41. The number of fused-ring (bicyclic) bond motifs is 6. The third-order valence-electron chi connectivity index (χ3n) is 11.8. The number of aromatic nitrogens is 1. The number of hydrogen-bond donors (Lipinski definition) is 0. The van der Waals surface area contributed by atoms with Crippen LogP contribution in [0.25, 0.3) is 38.6 Å². The molecule has 0 saturated carbocycles. The highest BCUT2D eigenvalue weighted by Gasteiger charge is 2.35. The molecule has 1 aliphatic carbocycles. The Morgan fingerprint density at radius 2 is 1.41 bits per heavy atom. The van der Waals surface area contributed by atoms with Crippen LogP contribution in [0, 0.1) is 6.92 Å².